The summed E-state index contributed by atoms with van der Waals surface area (Å²) in [5, 5.41) is 2.92. The van der Waals surface area contributed by atoms with E-state index in [-0.39, 0.29) is 30.5 Å². The number of hydrogen-bond acceptors (Lipinski definition) is 4. The van der Waals surface area contributed by atoms with E-state index in [1.807, 2.05) is 39.9 Å². The van der Waals surface area contributed by atoms with Gasteiger partial charge in [0.2, 0.25) is 0 Å². The predicted octanol–water partition coefficient (Wildman–Crippen LogP) is 3.48. The highest BCUT2D eigenvalue weighted by molar-refractivity contribution is 5.94. The fourth-order valence-corrected chi connectivity index (χ4v) is 4.35. The van der Waals surface area contributed by atoms with Gasteiger partial charge in [0.05, 0.1) is 5.69 Å². The monoisotopic (exact) mass is 434 g/mol. The number of hydrogen-bond donors (Lipinski definition) is 1. The summed E-state index contributed by atoms with van der Waals surface area (Å²) in [6, 6.07) is 13.2. The molecule has 7 nitrogen and oxygen atoms in total. The van der Waals surface area contributed by atoms with E-state index < -0.39 is 0 Å². The molecule has 0 aliphatic carbocycles. The maximum atomic E-state index is 12.6. The van der Waals surface area contributed by atoms with Gasteiger partial charge in [0, 0.05) is 43.0 Å². The second-order valence-electron chi connectivity index (χ2n) is 8.45. The number of carbonyl (C=O) groups excluding carboxylic acids is 2. The lowest BCUT2D eigenvalue weighted by molar-refractivity contribution is -0.139. The van der Waals surface area contributed by atoms with Crippen molar-refractivity contribution in [1.82, 2.24) is 19.6 Å². The highest BCUT2D eigenvalue weighted by atomic mass is 16.5. The van der Waals surface area contributed by atoms with Gasteiger partial charge in [0.25, 0.3) is 11.8 Å². The second kappa shape index (κ2) is 9.85. The Kier molecular flexibility index (Phi) is 6.73. The third-order valence-electron chi connectivity index (χ3n) is 6.04. The molecule has 1 saturated heterocycles. The topological polar surface area (TPSA) is 75.9 Å². The Balaban J connectivity index is 1.24. The van der Waals surface area contributed by atoms with Crippen molar-refractivity contribution in [3.63, 3.8) is 0 Å². The SMILES string of the molecule is CC1CCCC(C)N1C(=O)COc1ccc(C(=O)NCCc2cn3ccccc3n2)cc1. The van der Waals surface area contributed by atoms with Crippen molar-refractivity contribution in [3.8, 4) is 5.75 Å². The normalized spacial score (nSPS) is 18.5. The molecule has 1 aromatic carbocycles. The molecule has 0 radical (unpaired) electrons. The number of benzene rings is 1. The fourth-order valence-electron chi connectivity index (χ4n) is 4.35. The number of nitrogens with one attached hydrogen (secondary N) is 1. The number of fused-ring (bicyclic) bond motifs is 1. The lowest BCUT2D eigenvalue weighted by atomic mass is 9.97. The molecule has 168 valence electrons. The quantitative estimate of drug-likeness (QED) is 0.618. The standard InChI is InChI=1S/C25H30N4O3/c1-18-6-5-7-19(2)29(18)24(30)17-32-22-11-9-20(10-12-22)25(31)26-14-13-21-16-28-15-4-3-8-23(28)27-21/h3-4,8-12,15-16,18-19H,5-7,13-14,17H2,1-2H3,(H,26,31). The third kappa shape index (κ3) is 5.10. The maximum absolute atomic E-state index is 12.6. The number of rotatable bonds is 7. The van der Waals surface area contributed by atoms with E-state index in [0.29, 0.717) is 24.3 Å². The number of piperidine rings is 1. The summed E-state index contributed by atoms with van der Waals surface area (Å²) in [6.07, 6.45) is 7.82. The van der Waals surface area contributed by atoms with Crippen LogP contribution in [0.3, 0.4) is 0 Å². The molecule has 2 atom stereocenters. The molecule has 32 heavy (non-hydrogen) atoms. The zero-order chi connectivity index (χ0) is 22.5. The van der Waals surface area contributed by atoms with Gasteiger partial charge in [-0.25, -0.2) is 4.98 Å². The largest absolute Gasteiger partial charge is 0.484 e. The molecule has 7 heteroatoms. The van der Waals surface area contributed by atoms with Crippen molar-refractivity contribution >= 4 is 17.5 Å². The Morgan fingerprint density at radius 2 is 1.84 bits per heavy atom. The number of likely N-dealkylation sites (tertiary alicyclic amines) is 1. The number of imidazole rings is 1. The molecule has 2 unspecified atom stereocenters. The van der Waals surface area contributed by atoms with Gasteiger partial charge in [-0.1, -0.05) is 6.07 Å². The van der Waals surface area contributed by atoms with Crippen LogP contribution in [0.5, 0.6) is 5.75 Å². The molecule has 1 fully saturated rings. The summed E-state index contributed by atoms with van der Waals surface area (Å²) >= 11 is 0. The van der Waals surface area contributed by atoms with Crippen molar-refractivity contribution in [2.45, 2.75) is 51.6 Å². The summed E-state index contributed by atoms with van der Waals surface area (Å²) in [6.45, 7) is 4.70. The predicted molar refractivity (Wildman–Crippen MR) is 123 cm³/mol. The van der Waals surface area contributed by atoms with Crippen LogP contribution in [0.4, 0.5) is 0 Å². The molecule has 1 N–H and O–H groups in total. The highest BCUT2D eigenvalue weighted by Gasteiger charge is 2.28. The van der Waals surface area contributed by atoms with E-state index >= 15 is 0 Å². The van der Waals surface area contributed by atoms with Crippen molar-refractivity contribution in [2.24, 2.45) is 0 Å². The van der Waals surface area contributed by atoms with Crippen LogP contribution in [-0.4, -0.2) is 51.3 Å². The molecule has 0 bridgehead atoms. The van der Waals surface area contributed by atoms with Crippen LogP contribution in [0, 0.1) is 0 Å². The van der Waals surface area contributed by atoms with Gasteiger partial charge >= 0.3 is 0 Å². The number of aromatic nitrogens is 2. The first-order chi connectivity index (χ1) is 15.5. The van der Waals surface area contributed by atoms with Gasteiger partial charge < -0.3 is 19.4 Å². The Morgan fingerprint density at radius 1 is 1.09 bits per heavy atom. The van der Waals surface area contributed by atoms with Crippen LogP contribution in [0.15, 0.2) is 54.9 Å². The molecule has 0 saturated carbocycles. The lowest BCUT2D eigenvalue weighted by Gasteiger charge is -2.38. The minimum atomic E-state index is -0.146. The van der Waals surface area contributed by atoms with E-state index in [0.717, 1.165) is 30.6 Å². The van der Waals surface area contributed by atoms with E-state index in [1.54, 1.807) is 24.3 Å². The van der Waals surface area contributed by atoms with Crippen LogP contribution < -0.4 is 10.1 Å². The Morgan fingerprint density at radius 3 is 2.56 bits per heavy atom. The average molecular weight is 435 g/mol. The first-order valence-electron chi connectivity index (χ1n) is 11.3. The van der Waals surface area contributed by atoms with E-state index in [4.69, 9.17) is 4.74 Å². The molecular formula is C25H30N4O3. The van der Waals surface area contributed by atoms with Gasteiger partial charge in [0.1, 0.15) is 11.4 Å². The summed E-state index contributed by atoms with van der Waals surface area (Å²) in [7, 11) is 0. The van der Waals surface area contributed by atoms with Gasteiger partial charge in [-0.2, -0.15) is 0 Å². The average Bonchev–Trinajstić information content (AvgIpc) is 3.20. The van der Waals surface area contributed by atoms with Crippen molar-refractivity contribution in [1.29, 1.82) is 0 Å². The molecule has 1 aliphatic rings. The van der Waals surface area contributed by atoms with Crippen LogP contribution in [0.1, 0.15) is 49.2 Å². The number of ether oxygens (including phenoxy) is 1. The molecule has 2 aromatic heterocycles. The zero-order valence-corrected chi connectivity index (χ0v) is 18.7. The Labute approximate surface area is 188 Å². The number of carbonyl (C=O) groups is 2. The van der Waals surface area contributed by atoms with Gasteiger partial charge in [-0.15, -0.1) is 0 Å². The van der Waals surface area contributed by atoms with Crippen LogP contribution >= 0.6 is 0 Å². The molecule has 0 spiro atoms. The Hall–Kier alpha value is -3.35. The van der Waals surface area contributed by atoms with E-state index in [2.05, 4.69) is 24.1 Å². The summed E-state index contributed by atoms with van der Waals surface area (Å²) < 4.78 is 7.65. The first kappa shape index (κ1) is 21.9. The molecule has 1 aliphatic heterocycles. The first-order valence-corrected chi connectivity index (χ1v) is 11.3. The Bertz CT molecular complexity index is 1030. The third-order valence-corrected chi connectivity index (χ3v) is 6.04. The zero-order valence-electron chi connectivity index (χ0n) is 18.7. The van der Waals surface area contributed by atoms with Crippen molar-refractivity contribution in [2.75, 3.05) is 13.2 Å². The number of nitrogens with zero attached hydrogens (tertiary/aromatic N) is 3. The summed E-state index contributed by atoms with van der Waals surface area (Å²) in [4.78, 5) is 31.5. The lowest BCUT2D eigenvalue weighted by Crippen LogP contribution is -2.49. The minimum absolute atomic E-state index is 0.0125. The second-order valence-corrected chi connectivity index (χ2v) is 8.45. The molecule has 4 rings (SSSR count). The minimum Gasteiger partial charge on any atom is -0.484 e. The molecule has 3 aromatic rings. The number of amides is 2. The van der Waals surface area contributed by atoms with Gasteiger partial charge in [-0.05, 0) is 69.5 Å². The van der Waals surface area contributed by atoms with Crippen molar-refractivity contribution in [3.05, 3.63) is 66.1 Å². The van der Waals surface area contributed by atoms with Crippen molar-refractivity contribution < 1.29 is 14.3 Å². The van der Waals surface area contributed by atoms with E-state index in [9.17, 15) is 9.59 Å². The summed E-state index contributed by atoms with van der Waals surface area (Å²) in [5.74, 6) is 0.447. The number of pyridine rings is 1. The fraction of sp³-hybridized carbons (Fsp3) is 0.400. The van der Waals surface area contributed by atoms with Crippen LogP contribution in [0.25, 0.3) is 5.65 Å². The van der Waals surface area contributed by atoms with Crippen LogP contribution in [-0.2, 0) is 11.2 Å². The summed E-state index contributed by atoms with van der Waals surface area (Å²) in [5.41, 5.74) is 2.38. The van der Waals surface area contributed by atoms with Gasteiger partial charge in [0.15, 0.2) is 6.61 Å². The molecule has 2 amide bonds. The smallest absolute Gasteiger partial charge is 0.260 e. The molecular weight excluding hydrogens is 404 g/mol. The van der Waals surface area contributed by atoms with E-state index in [1.165, 1.54) is 0 Å². The van der Waals surface area contributed by atoms with Crippen LogP contribution in [0.2, 0.25) is 0 Å². The molecule has 3 heterocycles. The maximum Gasteiger partial charge on any atom is 0.260 e. The van der Waals surface area contributed by atoms with Gasteiger partial charge in [-0.3, -0.25) is 9.59 Å². The highest BCUT2D eigenvalue weighted by Crippen LogP contribution is 2.23.